The Labute approximate surface area is 139 Å². The van der Waals surface area contributed by atoms with Crippen LogP contribution in [0.4, 0.5) is 11.4 Å². The SMILES string of the molecule is C=Cc1ccc(N(C2=CC=CCC2)c2cccc(C)c2)cc1C. The molecule has 3 rings (SSSR count). The zero-order valence-corrected chi connectivity index (χ0v) is 13.9. The molecular formula is C22H23N. The maximum absolute atomic E-state index is 3.89. The molecule has 0 saturated heterocycles. The molecule has 0 aliphatic heterocycles. The van der Waals surface area contributed by atoms with Crippen LogP contribution in [0.15, 0.2) is 73.0 Å². The molecule has 1 aliphatic carbocycles. The predicted octanol–water partition coefficient (Wildman–Crippen LogP) is 6.32. The first kappa shape index (κ1) is 15.4. The highest BCUT2D eigenvalue weighted by Gasteiger charge is 2.16. The molecule has 2 aromatic rings. The number of anilines is 2. The summed E-state index contributed by atoms with van der Waals surface area (Å²) in [6, 6.07) is 15.3. The summed E-state index contributed by atoms with van der Waals surface area (Å²) in [5, 5.41) is 0. The molecule has 1 nitrogen and oxygen atoms in total. The van der Waals surface area contributed by atoms with E-state index >= 15 is 0 Å². The summed E-state index contributed by atoms with van der Waals surface area (Å²) >= 11 is 0. The van der Waals surface area contributed by atoms with Crippen LogP contribution in [-0.4, -0.2) is 0 Å². The topological polar surface area (TPSA) is 3.24 Å². The van der Waals surface area contributed by atoms with Gasteiger partial charge in [0, 0.05) is 17.1 Å². The van der Waals surface area contributed by atoms with Gasteiger partial charge in [-0.15, -0.1) is 0 Å². The average Bonchev–Trinajstić information content (AvgIpc) is 2.56. The van der Waals surface area contributed by atoms with E-state index in [1.165, 1.54) is 33.8 Å². The van der Waals surface area contributed by atoms with Crippen molar-refractivity contribution < 1.29 is 0 Å². The number of benzene rings is 2. The van der Waals surface area contributed by atoms with Crippen molar-refractivity contribution in [1.82, 2.24) is 0 Å². The fourth-order valence-electron chi connectivity index (χ4n) is 3.05. The van der Waals surface area contributed by atoms with Gasteiger partial charge in [-0.1, -0.05) is 43.0 Å². The van der Waals surface area contributed by atoms with Crippen LogP contribution >= 0.6 is 0 Å². The summed E-state index contributed by atoms with van der Waals surface area (Å²) in [5.41, 5.74) is 7.48. The van der Waals surface area contributed by atoms with Crippen molar-refractivity contribution in [2.45, 2.75) is 26.7 Å². The van der Waals surface area contributed by atoms with Gasteiger partial charge in [0.2, 0.25) is 0 Å². The molecule has 0 unspecified atom stereocenters. The zero-order chi connectivity index (χ0) is 16.2. The summed E-state index contributed by atoms with van der Waals surface area (Å²) < 4.78 is 0. The number of rotatable bonds is 4. The fourth-order valence-corrected chi connectivity index (χ4v) is 3.05. The highest BCUT2D eigenvalue weighted by atomic mass is 15.1. The summed E-state index contributed by atoms with van der Waals surface area (Å²) in [5.74, 6) is 0. The van der Waals surface area contributed by atoms with Crippen LogP contribution in [0.25, 0.3) is 6.08 Å². The largest absolute Gasteiger partial charge is 0.314 e. The Bertz CT molecular complexity index is 780. The minimum atomic E-state index is 1.06. The summed E-state index contributed by atoms with van der Waals surface area (Å²) in [4.78, 5) is 2.37. The molecule has 0 saturated carbocycles. The predicted molar refractivity (Wildman–Crippen MR) is 101 cm³/mol. The van der Waals surface area contributed by atoms with Crippen LogP contribution in [0, 0.1) is 13.8 Å². The Morgan fingerprint density at radius 3 is 2.52 bits per heavy atom. The highest BCUT2D eigenvalue weighted by Crippen LogP contribution is 2.34. The summed E-state index contributed by atoms with van der Waals surface area (Å²) in [6.07, 6.45) is 10.7. The average molecular weight is 301 g/mol. The molecule has 0 radical (unpaired) electrons. The van der Waals surface area contributed by atoms with E-state index in [1.54, 1.807) is 0 Å². The van der Waals surface area contributed by atoms with Gasteiger partial charge in [-0.05, 0) is 73.7 Å². The molecule has 2 aromatic carbocycles. The maximum Gasteiger partial charge on any atom is 0.0461 e. The molecule has 116 valence electrons. The Hall–Kier alpha value is -2.54. The van der Waals surface area contributed by atoms with Crippen LogP contribution in [0.2, 0.25) is 0 Å². The van der Waals surface area contributed by atoms with Crippen molar-refractivity contribution >= 4 is 17.5 Å². The Kier molecular flexibility index (Phi) is 4.47. The highest BCUT2D eigenvalue weighted by molar-refractivity contribution is 5.71. The molecule has 0 fully saturated rings. The van der Waals surface area contributed by atoms with Gasteiger partial charge in [-0.2, -0.15) is 0 Å². The van der Waals surface area contributed by atoms with E-state index < -0.39 is 0 Å². The van der Waals surface area contributed by atoms with Gasteiger partial charge >= 0.3 is 0 Å². The number of allylic oxidation sites excluding steroid dienone is 4. The minimum Gasteiger partial charge on any atom is -0.314 e. The fraction of sp³-hybridized carbons (Fsp3) is 0.182. The van der Waals surface area contributed by atoms with Gasteiger partial charge in [0.25, 0.3) is 0 Å². The third-order valence-electron chi connectivity index (χ3n) is 4.27. The lowest BCUT2D eigenvalue weighted by molar-refractivity contribution is 0.917. The Morgan fingerprint density at radius 1 is 1.04 bits per heavy atom. The van der Waals surface area contributed by atoms with Crippen molar-refractivity contribution in [3.8, 4) is 0 Å². The van der Waals surface area contributed by atoms with Gasteiger partial charge in [0.15, 0.2) is 0 Å². The second-order valence-corrected chi connectivity index (χ2v) is 6.04. The van der Waals surface area contributed by atoms with Crippen molar-refractivity contribution in [2.24, 2.45) is 0 Å². The van der Waals surface area contributed by atoms with Gasteiger partial charge in [-0.3, -0.25) is 0 Å². The van der Waals surface area contributed by atoms with Crippen molar-refractivity contribution in [3.05, 3.63) is 89.7 Å². The Morgan fingerprint density at radius 2 is 1.87 bits per heavy atom. The molecule has 0 N–H and O–H groups in total. The van der Waals surface area contributed by atoms with E-state index in [0.717, 1.165) is 12.8 Å². The molecule has 0 bridgehead atoms. The lowest BCUT2D eigenvalue weighted by Crippen LogP contribution is -2.17. The number of aryl methyl sites for hydroxylation is 2. The van der Waals surface area contributed by atoms with Gasteiger partial charge in [0.1, 0.15) is 0 Å². The minimum absolute atomic E-state index is 1.06. The molecule has 0 atom stereocenters. The van der Waals surface area contributed by atoms with Crippen molar-refractivity contribution in [1.29, 1.82) is 0 Å². The lowest BCUT2D eigenvalue weighted by atomic mass is 10.0. The first-order chi connectivity index (χ1) is 11.2. The standard InChI is InChI=1S/C22H23N/c1-4-19-13-14-22(16-18(19)3)23(20-10-6-5-7-11-20)21-12-8-9-17(2)15-21/h4-6,8-10,12-16H,1,7,11H2,2-3H3. The molecular weight excluding hydrogens is 278 g/mol. The van der Waals surface area contributed by atoms with Crippen LogP contribution < -0.4 is 4.90 Å². The second kappa shape index (κ2) is 6.70. The summed E-state index contributed by atoms with van der Waals surface area (Å²) in [6.45, 7) is 8.18. The van der Waals surface area contributed by atoms with E-state index in [1.807, 2.05) is 6.08 Å². The summed E-state index contributed by atoms with van der Waals surface area (Å²) in [7, 11) is 0. The zero-order valence-electron chi connectivity index (χ0n) is 13.9. The van der Waals surface area contributed by atoms with Crippen LogP contribution in [0.5, 0.6) is 0 Å². The number of hydrogen-bond donors (Lipinski definition) is 0. The molecule has 1 aliphatic rings. The van der Waals surface area contributed by atoms with Crippen LogP contribution in [0.1, 0.15) is 29.5 Å². The van der Waals surface area contributed by atoms with Crippen molar-refractivity contribution in [3.63, 3.8) is 0 Å². The van der Waals surface area contributed by atoms with E-state index in [4.69, 9.17) is 0 Å². The monoisotopic (exact) mass is 301 g/mol. The maximum atomic E-state index is 3.89. The van der Waals surface area contributed by atoms with Crippen molar-refractivity contribution in [2.75, 3.05) is 4.90 Å². The van der Waals surface area contributed by atoms with E-state index in [2.05, 4.69) is 86.0 Å². The molecule has 0 spiro atoms. The number of hydrogen-bond acceptors (Lipinski definition) is 1. The van der Waals surface area contributed by atoms with E-state index in [-0.39, 0.29) is 0 Å². The molecule has 0 heterocycles. The Balaban J connectivity index is 2.11. The molecule has 1 heteroatoms. The van der Waals surface area contributed by atoms with E-state index in [0.29, 0.717) is 0 Å². The van der Waals surface area contributed by atoms with Gasteiger partial charge in [0.05, 0.1) is 0 Å². The van der Waals surface area contributed by atoms with Crippen LogP contribution in [-0.2, 0) is 0 Å². The quantitative estimate of drug-likeness (QED) is 0.639. The normalized spacial score (nSPS) is 13.6. The number of nitrogens with zero attached hydrogens (tertiary/aromatic N) is 1. The van der Waals surface area contributed by atoms with Gasteiger partial charge in [-0.25, -0.2) is 0 Å². The van der Waals surface area contributed by atoms with Crippen LogP contribution in [0.3, 0.4) is 0 Å². The lowest BCUT2D eigenvalue weighted by Gasteiger charge is -2.29. The first-order valence-corrected chi connectivity index (χ1v) is 8.14. The third kappa shape index (κ3) is 3.29. The third-order valence-corrected chi connectivity index (χ3v) is 4.27. The van der Waals surface area contributed by atoms with Gasteiger partial charge < -0.3 is 4.90 Å². The van der Waals surface area contributed by atoms with E-state index in [9.17, 15) is 0 Å². The second-order valence-electron chi connectivity index (χ2n) is 6.04. The first-order valence-electron chi connectivity index (χ1n) is 8.14. The molecule has 0 aromatic heterocycles. The smallest absolute Gasteiger partial charge is 0.0461 e. The molecule has 0 amide bonds. The molecule has 23 heavy (non-hydrogen) atoms.